The van der Waals surface area contributed by atoms with Crippen molar-refractivity contribution in [2.24, 2.45) is 5.92 Å². The Morgan fingerprint density at radius 3 is 2.47 bits per heavy atom. The molecule has 1 aliphatic rings. The zero-order chi connectivity index (χ0) is 12.5. The lowest BCUT2D eigenvalue weighted by Crippen LogP contribution is -2.16. The van der Waals surface area contributed by atoms with Crippen molar-refractivity contribution in [2.75, 3.05) is 6.61 Å². The van der Waals surface area contributed by atoms with Gasteiger partial charge in [-0.25, -0.2) is 0 Å². The van der Waals surface area contributed by atoms with Crippen molar-refractivity contribution < 1.29 is 4.74 Å². The van der Waals surface area contributed by atoms with Gasteiger partial charge in [-0.05, 0) is 42.2 Å². The molecule has 0 saturated heterocycles. The molecule has 0 N–H and O–H groups in total. The largest absolute Gasteiger partial charge is 0.374 e. The van der Waals surface area contributed by atoms with Crippen molar-refractivity contribution in [3.63, 3.8) is 0 Å². The van der Waals surface area contributed by atoms with E-state index in [9.17, 15) is 0 Å². The first-order valence-corrected chi connectivity index (χ1v) is 6.69. The lowest BCUT2D eigenvalue weighted by atomic mass is 9.82. The van der Waals surface area contributed by atoms with Gasteiger partial charge in [0.15, 0.2) is 0 Å². The van der Waals surface area contributed by atoms with Crippen LogP contribution >= 0.6 is 0 Å². The van der Waals surface area contributed by atoms with Crippen molar-refractivity contribution in [1.82, 2.24) is 0 Å². The first-order valence-electron chi connectivity index (χ1n) is 6.69. The predicted molar refractivity (Wildman–Crippen MR) is 72.2 cm³/mol. The fraction of sp³-hybridized carbons (Fsp3) is 0.625. The van der Waals surface area contributed by atoms with Crippen molar-refractivity contribution >= 4 is 0 Å². The Kier molecular flexibility index (Phi) is 3.58. The van der Waals surface area contributed by atoms with Gasteiger partial charge < -0.3 is 4.74 Å². The quantitative estimate of drug-likeness (QED) is 0.744. The molecule has 0 spiro atoms. The Labute approximate surface area is 105 Å². The number of rotatable bonds is 4. The Hall–Kier alpha value is -0.820. The molecule has 1 aliphatic carbocycles. The molecule has 17 heavy (non-hydrogen) atoms. The van der Waals surface area contributed by atoms with Crippen molar-refractivity contribution in [3.8, 4) is 0 Å². The lowest BCUT2D eigenvalue weighted by molar-refractivity contribution is 0.0568. The molecule has 0 bridgehead atoms. The van der Waals surface area contributed by atoms with Gasteiger partial charge in [0.25, 0.3) is 0 Å². The monoisotopic (exact) mass is 232 g/mol. The molecule has 1 fully saturated rings. The highest BCUT2D eigenvalue weighted by Gasteiger charge is 2.24. The molecule has 1 saturated carbocycles. The van der Waals surface area contributed by atoms with E-state index in [1.54, 1.807) is 0 Å². The van der Waals surface area contributed by atoms with E-state index in [1.165, 1.54) is 24.0 Å². The second-order valence-corrected chi connectivity index (χ2v) is 6.26. The van der Waals surface area contributed by atoms with Crippen LogP contribution in [0.15, 0.2) is 24.3 Å². The summed E-state index contributed by atoms with van der Waals surface area (Å²) in [6, 6.07) is 8.67. The maximum absolute atomic E-state index is 5.99. The average Bonchev–Trinajstić information content (AvgIpc) is 3.08. The van der Waals surface area contributed by atoms with E-state index in [2.05, 4.69) is 52.0 Å². The van der Waals surface area contributed by atoms with Crippen molar-refractivity contribution in [3.05, 3.63) is 35.4 Å². The first kappa shape index (κ1) is 12.6. The minimum Gasteiger partial charge on any atom is -0.374 e. The molecule has 1 nitrogen and oxygen atoms in total. The molecule has 0 aliphatic heterocycles. The van der Waals surface area contributed by atoms with E-state index in [0.29, 0.717) is 0 Å². The number of benzene rings is 1. The zero-order valence-corrected chi connectivity index (χ0v) is 11.5. The van der Waals surface area contributed by atoms with Crippen LogP contribution in [0.1, 0.15) is 57.8 Å². The maximum atomic E-state index is 5.99. The molecule has 0 aromatic heterocycles. The molecular formula is C16H24O. The third-order valence-corrected chi connectivity index (χ3v) is 3.49. The van der Waals surface area contributed by atoms with Crippen LogP contribution in [0, 0.1) is 5.92 Å². The fourth-order valence-corrected chi connectivity index (χ4v) is 2.19. The van der Waals surface area contributed by atoms with Crippen molar-refractivity contribution in [1.29, 1.82) is 0 Å². The van der Waals surface area contributed by atoms with Gasteiger partial charge in [0.05, 0.1) is 12.7 Å². The van der Waals surface area contributed by atoms with E-state index in [4.69, 9.17) is 4.74 Å². The van der Waals surface area contributed by atoms with Gasteiger partial charge in [-0.15, -0.1) is 0 Å². The molecule has 0 amide bonds. The summed E-state index contributed by atoms with van der Waals surface area (Å²) in [5.41, 5.74) is 2.94. The summed E-state index contributed by atoms with van der Waals surface area (Å²) in [4.78, 5) is 0. The van der Waals surface area contributed by atoms with E-state index >= 15 is 0 Å². The smallest absolute Gasteiger partial charge is 0.0799 e. The predicted octanol–water partition coefficient (Wildman–Crippen LogP) is 4.47. The van der Waals surface area contributed by atoms with E-state index in [0.717, 1.165) is 12.5 Å². The zero-order valence-electron chi connectivity index (χ0n) is 11.5. The van der Waals surface area contributed by atoms with Gasteiger partial charge >= 0.3 is 0 Å². The molecule has 1 heteroatoms. The number of hydrogen-bond donors (Lipinski definition) is 0. The van der Waals surface area contributed by atoms with E-state index in [1.807, 2.05) is 0 Å². The number of ether oxygens (including phenoxy) is 1. The third kappa shape index (κ3) is 3.32. The van der Waals surface area contributed by atoms with E-state index < -0.39 is 0 Å². The van der Waals surface area contributed by atoms with Gasteiger partial charge in [0, 0.05) is 0 Å². The Bertz CT molecular complexity index is 371. The molecule has 2 rings (SSSR count). The lowest BCUT2D eigenvalue weighted by Gasteiger charge is -2.26. The molecule has 94 valence electrons. The topological polar surface area (TPSA) is 9.23 Å². The van der Waals surface area contributed by atoms with E-state index in [-0.39, 0.29) is 11.5 Å². The van der Waals surface area contributed by atoms with Crippen LogP contribution in [0.4, 0.5) is 0 Å². The van der Waals surface area contributed by atoms with Gasteiger partial charge in [0.1, 0.15) is 0 Å². The summed E-state index contributed by atoms with van der Waals surface area (Å²) in [7, 11) is 0. The molecule has 1 aromatic carbocycles. The van der Waals surface area contributed by atoms with Crippen LogP contribution < -0.4 is 0 Å². The highest BCUT2D eigenvalue weighted by Crippen LogP contribution is 2.34. The molecule has 0 radical (unpaired) electrons. The summed E-state index contributed by atoms with van der Waals surface area (Å²) >= 11 is 0. The molecular weight excluding hydrogens is 208 g/mol. The second-order valence-electron chi connectivity index (χ2n) is 6.26. The summed E-state index contributed by atoms with van der Waals surface area (Å²) in [5.74, 6) is 0.833. The molecule has 0 heterocycles. The highest BCUT2D eigenvalue weighted by molar-refractivity contribution is 5.34. The summed E-state index contributed by atoms with van der Waals surface area (Å²) in [5, 5.41) is 0. The summed E-state index contributed by atoms with van der Waals surface area (Å²) < 4.78 is 5.99. The Balaban J connectivity index is 2.12. The first-order chi connectivity index (χ1) is 7.98. The van der Waals surface area contributed by atoms with Crippen LogP contribution in [-0.4, -0.2) is 6.61 Å². The summed E-state index contributed by atoms with van der Waals surface area (Å²) in [6.45, 7) is 9.89. The minimum atomic E-state index is 0.188. The van der Waals surface area contributed by atoms with Crippen LogP contribution in [0.2, 0.25) is 0 Å². The third-order valence-electron chi connectivity index (χ3n) is 3.49. The van der Waals surface area contributed by atoms with Gasteiger partial charge in [0.2, 0.25) is 0 Å². The Morgan fingerprint density at radius 1 is 1.24 bits per heavy atom. The van der Waals surface area contributed by atoms with Crippen molar-refractivity contribution in [2.45, 2.75) is 52.1 Å². The fourth-order valence-electron chi connectivity index (χ4n) is 2.19. The maximum Gasteiger partial charge on any atom is 0.0799 e. The Morgan fingerprint density at radius 2 is 1.88 bits per heavy atom. The normalized spacial score (nSPS) is 18.1. The van der Waals surface area contributed by atoms with Gasteiger partial charge in [-0.2, -0.15) is 0 Å². The second kappa shape index (κ2) is 4.81. The molecule has 1 unspecified atom stereocenters. The SMILES string of the molecule is CC(OCC1CC1)c1ccccc1C(C)(C)C. The van der Waals surface area contributed by atoms with Crippen LogP contribution in [0.3, 0.4) is 0 Å². The number of hydrogen-bond acceptors (Lipinski definition) is 1. The van der Waals surface area contributed by atoms with Crippen LogP contribution in [-0.2, 0) is 10.2 Å². The van der Waals surface area contributed by atoms with Crippen LogP contribution in [0.25, 0.3) is 0 Å². The van der Waals surface area contributed by atoms with Gasteiger partial charge in [-0.3, -0.25) is 0 Å². The summed E-state index contributed by atoms with van der Waals surface area (Å²) in [6.07, 6.45) is 2.92. The average molecular weight is 232 g/mol. The standard InChI is InChI=1S/C16H24O/c1-12(17-11-13-9-10-13)14-7-5-6-8-15(14)16(2,3)4/h5-8,12-13H,9-11H2,1-4H3. The highest BCUT2D eigenvalue weighted by atomic mass is 16.5. The van der Waals surface area contributed by atoms with Gasteiger partial charge in [-0.1, -0.05) is 45.0 Å². The van der Waals surface area contributed by atoms with Crippen LogP contribution in [0.5, 0.6) is 0 Å². The molecule has 1 atom stereocenters. The minimum absolute atomic E-state index is 0.188. The molecule has 1 aromatic rings.